The Morgan fingerprint density at radius 3 is 2.69 bits per heavy atom. The van der Waals surface area contributed by atoms with Crippen molar-refractivity contribution in [1.82, 2.24) is 4.90 Å². The molecule has 1 heterocycles. The number of carbonyl (C=O) groups excluding carboxylic acids is 1. The van der Waals surface area contributed by atoms with Gasteiger partial charge in [0.25, 0.3) is 0 Å². The first-order valence-electron chi connectivity index (χ1n) is 8.19. The molecule has 2 rings (SSSR count). The number of hydrogen-bond donors (Lipinski definition) is 1. The summed E-state index contributed by atoms with van der Waals surface area (Å²) in [4.78, 5) is 14.4. The molecule has 26 heavy (non-hydrogen) atoms. The second-order valence-electron chi connectivity index (χ2n) is 5.86. The number of anilines is 1. The molecule has 0 spiro atoms. The molecule has 0 saturated carbocycles. The Morgan fingerprint density at radius 1 is 1.31 bits per heavy atom. The number of likely N-dealkylation sites (N-methyl/N-ethyl adjacent to an activating group) is 1. The molecule has 0 fully saturated rings. The molecular weight excluding hydrogens is 350 g/mol. The molecule has 0 aliphatic carbocycles. The topological polar surface area (TPSA) is 74.6 Å². The van der Waals surface area contributed by atoms with Crippen LogP contribution in [0.4, 0.5) is 5.00 Å². The van der Waals surface area contributed by atoms with Gasteiger partial charge in [-0.15, -0.1) is 11.3 Å². The van der Waals surface area contributed by atoms with Gasteiger partial charge in [0.05, 0.1) is 25.8 Å². The average Bonchev–Trinajstić information content (AvgIpc) is 3.12. The Hall–Kier alpha value is -2.56. The highest BCUT2D eigenvalue weighted by Crippen LogP contribution is 2.28. The van der Waals surface area contributed by atoms with Crippen LogP contribution in [-0.4, -0.2) is 44.7 Å². The zero-order valence-electron chi connectivity index (χ0n) is 15.4. The Morgan fingerprint density at radius 2 is 2.04 bits per heavy atom. The van der Waals surface area contributed by atoms with E-state index < -0.39 is 0 Å². The van der Waals surface area contributed by atoms with E-state index in [9.17, 15) is 4.79 Å². The van der Waals surface area contributed by atoms with Crippen LogP contribution in [0.25, 0.3) is 0 Å². The van der Waals surface area contributed by atoms with Gasteiger partial charge < -0.3 is 14.8 Å². The summed E-state index contributed by atoms with van der Waals surface area (Å²) in [6.45, 7) is 2.56. The van der Waals surface area contributed by atoms with Crippen molar-refractivity contribution in [3.8, 4) is 17.6 Å². The van der Waals surface area contributed by atoms with E-state index in [1.165, 1.54) is 11.3 Å². The number of amides is 1. The monoisotopic (exact) mass is 373 g/mol. The van der Waals surface area contributed by atoms with Crippen molar-refractivity contribution in [3.05, 3.63) is 40.8 Å². The largest absolute Gasteiger partial charge is 0.493 e. The van der Waals surface area contributed by atoms with E-state index in [0.29, 0.717) is 28.6 Å². The molecular formula is C19H23N3O3S. The molecule has 2 aromatic rings. The number of nitrogens with zero attached hydrogens (tertiary/aromatic N) is 2. The van der Waals surface area contributed by atoms with Gasteiger partial charge in [-0.2, -0.15) is 5.26 Å². The van der Waals surface area contributed by atoms with E-state index in [-0.39, 0.29) is 11.9 Å². The Kier molecular flexibility index (Phi) is 7.01. The number of nitriles is 1. The number of ether oxygens (including phenoxy) is 2. The summed E-state index contributed by atoms with van der Waals surface area (Å²) in [6, 6.07) is 9.28. The van der Waals surface area contributed by atoms with E-state index in [0.717, 1.165) is 12.0 Å². The Labute approximate surface area is 158 Å². The summed E-state index contributed by atoms with van der Waals surface area (Å²) >= 11 is 1.35. The summed E-state index contributed by atoms with van der Waals surface area (Å²) in [7, 11) is 5.13. The molecule has 1 aromatic heterocycles. The lowest BCUT2D eigenvalue weighted by atomic mass is 10.1. The van der Waals surface area contributed by atoms with Gasteiger partial charge >= 0.3 is 0 Å². The zero-order valence-corrected chi connectivity index (χ0v) is 16.2. The normalized spacial score (nSPS) is 11.7. The number of rotatable bonds is 8. The van der Waals surface area contributed by atoms with Crippen molar-refractivity contribution in [3.63, 3.8) is 0 Å². The lowest BCUT2D eigenvalue weighted by Gasteiger charge is -2.23. The Bertz CT molecular complexity index is 798. The number of benzene rings is 1. The molecule has 138 valence electrons. The van der Waals surface area contributed by atoms with Crippen LogP contribution in [0.3, 0.4) is 0 Å². The van der Waals surface area contributed by atoms with Gasteiger partial charge in [-0.3, -0.25) is 9.69 Å². The molecule has 1 amide bonds. The van der Waals surface area contributed by atoms with Crippen LogP contribution in [0.1, 0.15) is 18.1 Å². The van der Waals surface area contributed by atoms with Crippen LogP contribution in [0.5, 0.6) is 11.5 Å². The van der Waals surface area contributed by atoms with Crippen LogP contribution in [0.15, 0.2) is 29.6 Å². The van der Waals surface area contributed by atoms with Crippen LogP contribution < -0.4 is 14.8 Å². The SMILES string of the molecule is COc1ccc(CCN(C)[C@@H](C)C(=O)Nc2sccc2C#N)cc1OC. The molecule has 0 saturated heterocycles. The molecule has 7 heteroatoms. The number of carbonyl (C=O) groups is 1. The first-order valence-corrected chi connectivity index (χ1v) is 9.07. The number of hydrogen-bond acceptors (Lipinski definition) is 6. The van der Waals surface area contributed by atoms with Crippen molar-refractivity contribution in [2.45, 2.75) is 19.4 Å². The van der Waals surface area contributed by atoms with Gasteiger partial charge in [-0.05, 0) is 49.5 Å². The fourth-order valence-corrected chi connectivity index (χ4v) is 3.19. The summed E-state index contributed by atoms with van der Waals surface area (Å²) in [5.41, 5.74) is 1.59. The molecule has 1 atom stereocenters. The highest BCUT2D eigenvalue weighted by molar-refractivity contribution is 7.14. The predicted molar refractivity (Wildman–Crippen MR) is 103 cm³/mol. The first-order chi connectivity index (χ1) is 12.5. The highest BCUT2D eigenvalue weighted by Gasteiger charge is 2.19. The fraction of sp³-hybridized carbons (Fsp3) is 0.368. The second kappa shape index (κ2) is 9.22. The molecule has 0 unspecified atom stereocenters. The molecule has 0 radical (unpaired) electrons. The molecule has 0 bridgehead atoms. The number of nitrogens with one attached hydrogen (secondary N) is 1. The first kappa shape index (κ1) is 19.8. The molecule has 0 aliphatic heterocycles. The summed E-state index contributed by atoms with van der Waals surface area (Å²) in [5.74, 6) is 1.26. The highest BCUT2D eigenvalue weighted by atomic mass is 32.1. The van der Waals surface area contributed by atoms with Crippen molar-refractivity contribution in [2.24, 2.45) is 0 Å². The lowest BCUT2D eigenvalue weighted by Crippen LogP contribution is -2.40. The third kappa shape index (κ3) is 4.75. The van der Waals surface area contributed by atoms with Gasteiger partial charge in [-0.1, -0.05) is 6.07 Å². The van der Waals surface area contributed by atoms with Gasteiger partial charge in [0.2, 0.25) is 5.91 Å². The van der Waals surface area contributed by atoms with Crippen molar-refractivity contribution in [1.29, 1.82) is 5.26 Å². The van der Waals surface area contributed by atoms with E-state index in [4.69, 9.17) is 14.7 Å². The van der Waals surface area contributed by atoms with Crippen LogP contribution >= 0.6 is 11.3 Å². The van der Waals surface area contributed by atoms with Gasteiger partial charge in [0, 0.05) is 6.54 Å². The van der Waals surface area contributed by atoms with Crippen LogP contribution in [0.2, 0.25) is 0 Å². The van der Waals surface area contributed by atoms with Crippen molar-refractivity contribution in [2.75, 3.05) is 33.1 Å². The quantitative estimate of drug-likeness (QED) is 0.769. The second-order valence-corrected chi connectivity index (χ2v) is 6.78. The minimum atomic E-state index is -0.316. The maximum Gasteiger partial charge on any atom is 0.242 e. The lowest BCUT2D eigenvalue weighted by molar-refractivity contribution is -0.120. The van der Waals surface area contributed by atoms with E-state index >= 15 is 0 Å². The molecule has 1 aromatic carbocycles. The fourth-order valence-electron chi connectivity index (χ4n) is 2.45. The standard InChI is InChI=1S/C19H23N3O3S/c1-13(18(23)21-19-15(12-20)8-10-26-19)22(2)9-7-14-5-6-16(24-3)17(11-14)25-4/h5-6,8,10-11,13H,7,9H2,1-4H3,(H,21,23)/t13-/m0/s1. The predicted octanol–water partition coefficient (Wildman–Crippen LogP) is 3.14. The molecule has 1 N–H and O–H groups in total. The van der Waals surface area contributed by atoms with Crippen LogP contribution in [-0.2, 0) is 11.2 Å². The van der Waals surface area contributed by atoms with Crippen molar-refractivity contribution < 1.29 is 14.3 Å². The third-order valence-electron chi connectivity index (χ3n) is 4.26. The van der Waals surface area contributed by atoms with Gasteiger partial charge in [-0.25, -0.2) is 0 Å². The smallest absolute Gasteiger partial charge is 0.242 e. The third-order valence-corrected chi connectivity index (χ3v) is 5.09. The number of thiophene rings is 1. The maximum absolute atomic E-state index is 12.4. The minimum absolute atomic E-state index is 0.126. The summed E-state index contributed by atoms with van der Waals surface area (Å²) < 4.78 is 10.6. The molecule has 6 nitrogen and oxygen atoms in total. The molecule has 0 aliphatic rings. The zero-order chi connectivity index (χ0) is 19.1. The Balaban J connectivity index is 1.93. The maximum atomic E-state index is 12.4. The average molecular weight is 373 g/mol. The van der Waals surface area contributed by atoms with Crippen LogP contribution in [0, 0.1) is 11.3 Å². The van der Waals surface area contributed by atoms with E-state index in [1.54, 1.807) is 25.7 Å². The summed E-state index contributed by atoms with van der Waals surface area (Å²) in [6.07, 6.45) is 0.775. The van der Waals surface area contributed by atoms with E-state index in [2.05, 4.69) is 11.4 Å². The minimum Gasteiger partial charge on any atom is -0.493 e. The summed E-state index contributed by atoms with van der Waals surface area (Å²) in [5, 5.41) is 14.3. The van der Waals surface area contributed by atoms with Gasteiger partial charge in [0.1, 0.15) is 11.1 Å². The van der Waals surface area contributed by atoms with Gasteiger partial charge in [0.15, 0.2) is 11.5 Å². The number of methoxy groups -OCH3 is 2. The van der Waals surface area contributed by atoms with Crippen molar-refractivity contribution >= 4 is 22.2 Å². The van der Waals surface area contributed by atoms with E-state index in [1.807, 2.05) is 37.1 Å².